The number of imide groups is 1. The lowest BCUT2D eigenvalue weighted by Crippen LogP contribution is -2.25. The summed E-state index contributed by atoms with van der Waals surface area (Å²) in [5, 5.41) is 0. The lowest BCUT2D eigenvalue weighted by molar-refractivity contribution is -0.282. The van der Waals surface area contributed by atoms with Crippen LogP contribution in [0.25, 0.3) is 5.57 Å². The van der Waals surface area contributed by atoms with Gasteiger partial charge in [0.1, 0.15) is 0 Å². The number of rotatable bonds is 12. The van der Waals surface area contributed by atoms with Crippen LogP contribution in [0.4, 0.5) is 17.1 Å². The van der Waals surface area contributed by atoms with E-state index in [9.17, 15) is 9.59 Å². The number of fused-ring (bicyclic) bond motifs is 1. The van der Waals surface area contributed by atoms with Crippen LogP contribution in [-0.4, -0.2) is 70.7 Å². The van der Waals surface area contributed by atoms with E-state index in [1.807, 2.05) is 85.1 Å². The van der Waals surface area contributed by atoms with Crippen molar-refractivity contribution in [1.82, 2.24) is 4.90 Å². The van der Waals surface area contributed by atoms with Crippen LogP contribution in [0.3, 0.4) is 0 Å². The summed E-state index contributed by atoms with van der Waals surface area (Å²) in [6.45, 7) is 16.0. The Bertz CT molecular complexity index is 1390. The molecule has 2 amide bonds. The summed E-state index contributed by atoms with van der Waals surface area (Å²) in [6, 6.07) is 20.3. The SMILES string of the molecule is C=C(c1ccc(N(C)C)cc1)c1ccc(N(CC)c2ccc(C)c3c2C(=O)N(C)C3=O)cc1.CCOC(OCC)OCC. The number of hydrogen-bond donors (Lipinski definition) is 0. The number of amides is 2. The zero-order chi connectivity index (χ0) is 31.7. The summed E-state index contributed by atoms with van der Waals surface area (Å²) in [7, 11) is 5.58. The summed E-state index contributed by atoms with van der Waals surface area (Å²) in [5.74, 6) is -0.490. The highest BCUT2D eigenvalue weighted by Gasteiger charge is 2.37. The summed E-state index contributed by atoms with van der Waals surface area (Å²) < 4.78 is 15.2. The summed E-state index contributed by atoms with van der Waals surface area (Å²) in [5.41, 5.74) is 7.72. The number of ether oxygens (including phenoxy) is 3. The molecule has 0 radical (unpaired) electrons. The highest BCUT2D eigenvalue weighted by atomic mass is 16.8. The second kappa shape index (κ2) is 15.5. The van der Waals surface area contributed by atoms with E-state index in [0.717, 1.165) is 39.3 Å². The molecule has 0 fully saturated rings. The molecule has 3 aromatic carbocycles. The van der Waals surface area contributed by atoms with Crippen molar-refractivity contribution in [1.29, 1.82) is 0 Å². The number of benzene rings is 3. The van der Waals surface area contributed by atoms with Crippen molar-refractivity contribution in [3.63, 3.8) is 0 Å². The molecule has 43 heavy (non-hydrogen) atoms. The zero-order valence-corrected chi connectivity index (χ0v) is 26.8. The first-order chi connectivity index (χ1) is 20.6. The Morgan fingerprint density at radius 2 is 1.21 bits per heavy atom. The monoisotopic (exact) mass is 587 g/mol. The highest BCUT2D eigenvalue weighted by Crippen LogP contribution is 2.37. The maximum absolute atomic E-state index is 12.9. The van der Waals surface area contributed by atoms with Gasteiger partial charge >= 0.3 is 0 Å². The molecule has 230 valence electrons. The minimum Gasteiger partial charge on any atom is -0.378 e. The Balaban J connectivity index is 0.000000436. The molecule has 0 unspecified atom stereocenters. The standard InChI is InChI=1S/C28H29N3O2.C7H16O3/c1-7-31(24-17-8-18(2)25-26(24)28(33)30(6)27(25)32)23-15-11-21(12-16-23)19(3)20-9-13-22(14-10-20)29(4)5;1-4-8-7(9-5-2)10-6-3/h8-17H,3,7H2,1-2,4-6H3;7H,4-6H2,1-3H3. The molecule has 0 aliphatic carbocycles. The van der Waals surface area contributed by atoms with E-state index in [4.69, 9.17) is 14.2 Å². The topological polar surface area (TPSA) is 71.6 Å². The van der Waals surface area contributed by atoms with Crippen LogP contribution in [-0.2, 0) is 14.2 Å². The van der Waals surface area contributed by atoms with E-state index in [1.165, 1.54) is 11.9 Å². The van der Waals surface area contributed by atoms with Gasteiger partial charge in [-0.2, -0.15) is 0 Å². The third kappa shape index (κ3) is 7.70. The van der Waals surface area contributed by atoms with Gasteiger partial charge in [-0.25, -0.2) is 0 Å². The van der Waals surface area contributed by atoms with Gasteiger partial charge in [0.15, 0.2) is 0 Å². The first-order valence-corrected chi connectivity index (χ1v) is 14.7. The molecule has 0 spiro atoms. The minimum absolute atomic E-state index is 0.239. The second-order valence-electron chi connectivity index (χ2n) is 10.2. The van der Waals surface area contributed by atoms with Gasteiger partial charge in [-0.1, -0.05) is 36.9 Å². The quantitative estimate of drug-likeness (QED) is 0.169. The third-order valence-corrected chi connectivity index (χ3v) is 7.20. The van der Waals surface area contributed by atoms with Gasteiger partial charge in [0.25, 0.3) is 18.3 Å². The molecule has 1 aliphatic heterocycles. The van der Waals surface area contributed by atoms with Crippen molar-refractivity contribution < 1.29 is 23.8 Å². The number of carbonyl (C=O) groups is 2. The molecule has 8 heteroatoms. The Morgan fingerprint density at radius 1 is 0.744 bits per heavy atom. The van der Waals surface area contributed by atoms with Gasteiger partial charge in [0, 0.05) is 58.9 Å². The number of aryl methyl sites for hydroxylation is 1. The molecule has 0 saturated carbocycles. The lowest BCUT2D eigenvalue weighted by Gasteiger charge is -2.26. The zero-order valence-electron chi connectivity index (χ0n) is 26.8. The summed E-state index contributed by atoms with van der Waals surface area (Å²) in [4.78, 5) is 30.8. The average Bonchev–Trinajstić information content (AvgIpc) is 3.24. The fraction of sp³-hybridized carbons (Fsp3) is 0.371. The van der Waals surface area contributed by atoms with Crippen molar-refractivity contribution >= 4 is 34.4 Å². The van der Waals surface area contributed by atoms with Gasteiger partial charge in [-0.3, -0.25) is 14.5 Å². The van der Waals surface area contributed by atoms with Crippen LogP contribution in [0.1, 0.15) is 65.1 Å². The van der Waals surface area contributed by atoms with E-state index in [2.05, 4.69) is 40.6 Å². The van der Waals surface area contributed by atoms with Crippen LogP contribution >= 0.6 is 0 Å². The van der Waals surface area contributed by atoms with Gasteiger partial charge in [-0.05, 0) is 87.2 Å². The van der Waals surface area contributed by atoms with E-state index >= 15 is 0 Å². The Hall–Kier alpha value is -3.98. The Morgan fingerprint density at radius 3 is 1.65 bits per heavy atom. The second-order valence-corrected chi connectivity index (χ2v) is 10.2. The molecule has 0 N–H and O–H groups in total. The number of carbonyl (C=O) groups excluding carboxylic acids is 2. The number of hydrogen-bond acceptors (Lipinski definition) is 7. The predicted octanol–water partition coefficient (Wildman–Crippen LogP) is 6.89. The highest BCUT2D eigenvalue weighted by molar-refractivity contribution is 6.24. The first kappa shape index (κ1) is 33.5. The van der Waals surface area contributed by atoms with Gasteiger partial charge in [0.2, 0.25) is 0 Å². The van der Waals surface area contributed by atoms with Crippen molar-refractivity contribution in [3.05, 3.63) is 95.1 Å². The largest absolute Gasteiger partial charge is 0.378 e. The predicted molar refractivity (Wildman–Crippen MR) is 174 cm³/mol. The Labute approximate surface area is 256 Å². The van der Waals surface area contributed by atoms with Crippen molar-refractivity contribution in [2.75, 3.05) is 57.3 Å². The number of nitrogens with zero attached hydrogens (tertiary/aromatic N) is 3. The first-order valence-electron chi connectivity index (χ1n) is 14.7. The van der Waals surface area contributed by atoms with Crippen LogP contribution in [0, 0.1) is 6.92 Å². The molecule has 1 aliphatic rings. The number of anilines is 3. The van der Waals surface area contributed by atoms with Crippen LogP contribution in [0.2, 0.25) is 0 Å². The Kier molecular flexibility index (Phi) is 12.1. The summed E-state index contributed by atoms with van der Waals surface area (Å²) in [6.07, 6.45) is 0. The molecular weight excluding hydrogens is 542 g/mol. The molecule has 0 atom stereocenters. The van der Waals surface area contributed by atoms with Crippen LogP contribution < -0.4 is 9.80 Å². The van der Waals surface area contributed by atoms with Crippen molar-refractivity contribution in [2.24, 2.45) is 0 Å². The maximum atomic E-state index is 12.9. The van der Waals surface area contributed by atoms with E-state index in [-0.39, 0.29) is 11.8 Å². The molecule has 1 heterocycles. The van der Waals surface area contributed by atoms with Gasteiger partial charge in [0.05, 0.1) is 16.8 Å². The maximum Gasteiger partial charge on any atom is 0.271 e. The molecule has 4 rings (SSSR count). The van der Waals surface area contributed by atoms with Crippen LogP contribution in [0.15, 0.2) is 67.2 Å². The fourth-order valence-electron chi connectivity index (χ4n) is 4.86. The molecule has 0 bridgehead atoms. The molecular formula is C35H45N3O5. The smallest absolute Gasteiger partial charge is 0.271 e. The van der Waals surface area contributed by atoms with Crippen molar-refractivity contribution in [2.45, 2.75) is 41.1 Å². The normalized spacial score (nSPS) is 12.3. The van der Waals surface area contributed by atoms with Crippen molar-refractivity contribution in [3.8, 4) is 0 Å². The van der Waals surface area contributed by atoms with E-state index in [1.54, 1.807) is 0 Å². The molecule has 0 aromatic heterocycles. The molecule has 8 nitrogen and oxygen atoms in total. The van der Waals surface area contributed by atoms with Gasteiger partial charge < -0.3 is 24.0 Å². The van der Waals surface area contributed by atoms with E-state index in [0.29, 0.717) is 37.5 Å². The summed E-state index contributed by atoms with van der Waals surface area (Å²) >= 11 is 0. The average molecular weight is 588 g/mol. The van der Waals surface area contributed by atoms with Gasteiger partial charge in [-0.15, -0.1) is 0 Å². The lowest BCUT2D eigenvalue weighted by atomic mass is 9.98. The minimum atomic E-state index is -0.472. The van der Waals surface area contributed by atoms with Crippen LogP contribution in [0.5, 0.6) is 0 Å². The fourth-order valence-corrected chi connectivity index (χ4v) is 4.86. The third-order valence-electron chi connectivity index (χ3n) is 7.20. The molecule has 0 saturated heterocycles. The molecule has 3 aromatic rings. The van der Waals surface area contributed by atoms with E-state index < -0.39 is 6.48 Å².